The summed E-state index contributed by atoms with van der Waals surface area (Å²) < 4.78 is 1.02. The molecule has 1 heterocycles. The van der Waals surface area contributed by atoms with E-state index in [0.29, 0.717) is 10.7 Å². The Labute approximate surface area is 99.6 Å². The summed E-state index contributed by atoms with van der Waals surface area (Å²) >= 11 is 4.41. The maximum atomic E-state index is 11.0. The van der Waals surface area contributed by atoms with Gasteiger partial charge in [-0.3, -0.25) is 4.79 Å². The quantitative estimate of drug-likeness (QED) is 0.862. The number of benzene rings is 1. The smallest absolute Gasteiger partial charge is 0.311 e. The van der Waals surface area contributed by atoms with Crippen LogP contribution in [-0.4, -0.2) is 11.1 Å². The van der Waals surface area contributed by atoms with Crippen molar-refractivity contribution in [3.8, 4) is 0 Å². The highest BCUT2D eigenvalue weighted by Crippen LogP contribution is 2.27. The summed E-state index contributed by atoms with van der Waals surface area (Å²) in [6, 6.07) is 7.74. The van der Waals surface area contributed by atoms with E-state index in [2.05, 4.69) is 20.9 Å². The lowest BCUT2D eigenvalue weighted by molar-refractivity contribution is 0.268. The SMILES string of the molecule is NC1=NC(=O)S/C1=C\c1ccc(Br)cc1. The molecular formula is C10H7BrN2OS. The third-order valence-corrected chi connectivity index (χ3v) is 3.17. The minimum absolute atomic E-state index is 0.254. The zero-order valence-corrected chi connectivity index (χ0v) is 10.0. The van der Waals surface area contributed by atoms with E-state index in [1.54, 1.807) is 0 Å². The van der Waals surface area contributed by atoms with Crippen LogP contribution in [0.1, 0.15) is 5.56 Å². The largest absolute Gasteiger partial charge is 0.383 e. The molecule has 2 N–H and O–H groups in total. The van der Waals surface area contributed by atoms with Crippen molar-refractivity contribution >= 4 is 44.8 Å². The van der Waals surface area contributed by atoms with Crippen molar-refractivity contribution in [1.82, 2.24) is 0 Å². The molecule has 2 rings (SSSR count). The molecule has 0 fully saturated rings. The van der Waals surface area contributed by atoms with Crippen LogP contribution < -0.4 is 5.73 Å². The average Bonchev–Trinajstić information content (AvgIpc) is 2.49. The minimum Gasteiger partial charge on any atom is -0.383 e. The number of rotatable bonds is 1. The van der Waals surface area contributed by atoms with E-state index < -0.39 is 0 Å². The van der Waals surface area contributed by atoms with Crippen LogP contribution in [0.2, 0.25) is 0 Å². The fourth-order valence-electron chi connectivity index (χ4n) is 1.14. The summed E-state index contributed by atoms with van der Waals surface area (Å²) in [5.74, 6) is 0.299. The molecule has 15 heavy (non-hydrogen) atoms. The molecule has 0 saturated carbocycles. The third-order valence-electron chi connectivity index (χ3n) is 1.83. The summed E-state index contributed by atoms with van der Waals surface area (Å²) in [7, 11) is 0. The number of nitrogens with zero attached hydrogens (tertiary/aromatic N) is 1. The Morgan fingerprint density at radius 1 is 1.33 bits per heavy atom. The number of halogens is 1. The molecule has 0 spiro atoms. The molecule has 0 aliphatic carbocycles. The Hall–Kier alpha value is -1.07. The Morgan fingerprint density at radius 3 is 2.53 bits per heavy atom. The highest BCUT2D eigenvalue weighted by atomic mass is 79.9. The van der Waals surface area contributed by atoms with Gasteiger partial charge in [-0.25, -0.2) is 0 Å². The van der Waals surface area contributed by atoms with Crippen molar-refractivity contribution in [2.24, 2.45) is 10.7 Å². The first-order chi connectivity index (χ1) is 7.15. The maximum absolute atomic E-state index is 11.0. The van der Waals surface area contributed by atoms with Gasteiger partial charge in [0.2, 0.25) is 0 Å². The van der Waals surface area contributed by atoms with Crippen LogP contribution >= 0.6 is 27.7 Å². The summed E-state index contributed by atoms with van der Waals surface area (Å²) in [6.07, 6.45) is 1.85. The van der Waals surface area contributed by atoms with Crippen LogP contribution in [0, 0.1) is 0 Å². The fraction of sp³-hybridized carbons (Fsp3) is 0. The molecule has 1 aliphatic rings. The van der Waals surface area contributed by atoms with Gasteiger partial charge in [-0.05, 0) is 35.5 Å². The number of amides is 1. The van der Waals surface area contributed by atoms with Gasteiger partial charge in [-0.15, -0.1) is 0 Å². The van der Waals surface area contributed by atoms with Gasteiger partial charge < -0.3 is 5.73 Å². The molecule has 0 atom stereocenters. The van der Waals surface area contributed by atoms with E-state index in [0.717, 1.165) is 21.8 Å². The molecule has 0 saturated heterocycles. The van der Waals surface area contributed by atoms with Crippen molar-refractivity contribution in [3.05, 3.63) is 39.2 Å². The number of amidine groups is 1. The van der Waals surface area contributed by atoms with Crippen LogP contribution in [0.3, 0.4) is 0 Å². The lowest BCUT2D eigenvalue weighted by Gasteiger charge is -1.97. The lowest BCUT2D eigenvalue weighted by atomic mass is 10.2. The van der Waals surface area contributed by atoms with Gasteiger partial charge in [0.25, 0.3) is 0 Å². The number of carbonyl (C=O) groups excluding carboxylic acids is 1. The molecule has 1 aromatic carbocycles. The van der Waals surface area contributed by atoms with E-state index in [1.165, 1.54) is 0 Å². The van der Waals surface area contributed by atoms with E-state index in [4.69, 9.17) is 5.73 Å². The number of hydrogen-bond donors (Lipinski definition) is 1. The predicted molar refractivity (Wildman–Crippen MR) is 66.7 cm³/mol. The zero-order valence-electron chi connectivity index (χ0n) is 7.61. The second-order valence-corrected chi connectivity index (χ2v) is 4.83. The van der Waals surface area contributed by atoms with E-state index in [9.17, 15) is 4.79 Å². The zero-order chi connectivity index (χ0) is 10.8. The van der Waals surface area contributed by atoms with Crippen LogP contribution in [0.25, 0.3) is 6.08 Å². The number of nitrogens with two attached hydrogens (primary N) is 1. The van der Waals surface area contributed by atoms with Gasteiger partial charge in [-0.1, -0.05) is 28.1 Å². The second-order valence-electron chi connectivity index (χ2n) is 2.93. The Morgan fingerprint density at radius 2 is 2.00 bits per heavy atom. The Balaban J connectivity index is 2.28. The van der Waals surface area contributed by atoms with E-state index >= 15 is 0 Å². The minimum atomic E-state index is -0.254. The van der Waals surface area contributed by atoms with Crippen molar-refractivity contribution in [2.45, 2.75) is 0 Å². The first-order valence-corrected chi connectivity index (χ1v) is 5.80. The number of hydrogen-bond acceptors (Lipinski definition) is 3. The number of aliphatic imine (C=N–C) groups is 1. The molecular weight excluding hydrogens is 276 g/mol. The molecule has 1 aromatic rings. The molecule has 0 aromatic heterocycles. The monoisotopic (exact) mass is 282 g/mol. The number of carbonyl (C=O) groups is 1. The summed E-state index contributed by atoms with van der Waals surface area (Å²) in [4.78, 5) is 15.3. The highest BCUT2D eigenvalue weighted by molar-refractivity contribution is 9.10. The second kappa shape index (κ2) is 4.20. The van der Waals surface area contributed by atoms with Gasteiger partial charge in [0.1, 0.15) is 5.84 Å². The third kappa shape index (κ3) is 2.49. The molecule has 3 nitrogen and oxygen atoms in total. The van der Waals surface area contributed by atoms with Crippen LogP contribution in [-0.2, 0) is 0 Å². The fourth-order valence-corrected chi connectivity index (χ4v) is 2.08. The maximum Gasteiger partial charge on any atom is 0.311 e. The topological polar surface area (TPSA) is 55.4 Å². The van der Waals surface area contributed by atoms with E-state index in [1.807, 2.05) is 30.3 Å². The molecule has 76 valence electrons. The van der Waals surface area contributed by atoms with Crippen molar-refractivity contribution in [2.75, 3.05) is 0 Å². The molecule has 0 radical (unpaired) electrons. The summed E-state index contributed by atoms with van der Waals surface area (Å²) in [5, 5.41) is -0.254. The molecule has 5 heteroatoms. The van der Waals surface area contributed by atoms with Crippen LogP contribution in [0.15, 0.2) is 38.6 Å². The normalized spacial score (nSPS) is 18.3. The van der Waals surface area contributed by atoms with Crippen LogP contribution in [0.4, 0.5) is 4.79 Å². The van der Waals surface area contributed by atoms with Crippen molar-refractivity contribution in [1.29, 1.82) is 0 Å². The van der Waals surface area contributed by atoms with Crippen LogP contribution in [0.5, 0.6) is 0 Å². The van der Waals surface area contributed by atoms with Gasteiger partial charge in [0, 0.05) is 4.47 Å². The Kier molecular flexibility index (Phi) is 2.93. The van der Waals surface area contributed by atoms with Gasteiger partial charge in [-0.2, -0.15) is 4.99 Å². The summed E-state index contributed by atoms with van der Waals surface area (Å²) in [6.45, 7) is 0. The standard InChI is InChI=1S/C10H7BrN2OS/c11-7-3-1-6(2-4-7)5-8-9(12)13-10(14)15-8/h1-5H,(H2,12,13,14)/b8-5-. The summed E-state index contributed by atoms with van der Waals surface area (Å²) in [5.41, 5.74) is 6.57. The molecule has 1 amide bonds. The molecule has 0 bridgehead atoms. The Bertz CT molecular complexity index is 465. The first kappa shape index (κ1) is 10.4. The highest BCUT2D eigenvalue weighted by Gasteiger charge is 2.18. The average molecular weight is 283 g/mol. The lowest BCUT2D eigenvalue weighted by Crippen LogP contribution is -2.08. The van der Waals surface area contributed by atoms with Gasteiger partial charge in [0.15, 0.2) is 0 Å². The first-order valence-electron chi connectivity index (χ1n) is 4.19. The molecule has 0 unspecified atom stereocenters. The van der Waals surface area contributed by atoms with E-state index in [-0.39, 0.29) is 5.24 Å². The van der Waals surface area contributed by atoms with Crippen molar-refractivity contribution in [3.63, 3.8) is 0 Å². The number of thioether (sulfide) groups is 1. The van der Waals surface area contributed by atoms with Crippen molar-refractivity contribution < 1.29 is 4.79 Å². The molecule has 1 aliphatic heterocycles. The van der Waals surface area contributed by atoms with Gasteiger partial charge >= 0.3 is 5.24 Å². The predicted octanol–water partition coefficient (Wildman–Crippen LogP) is 3.01. The van der Waals surface area contributed by atoms with Gasteiger partial charge in [0.05, 0.1) is 4.91 Å².